The quantitative estimate of drug-likeness (QED) is 0.786. The number of thiophene rings is 1. The number of ether oxygens (including phenoxy) is 1. The summed E-state index contributed by atoms with van der Waals surface area (Å²) >= 11 is 1.68. The number of hydrogen-bond acceptors (Lipinski definition) is 5. The van der Waals surface area contributed by atoms with E-state index in [9.17, 15) is 5.11 Å². The van der Waals surface area contributed by atoms with E-state index in [0.717, 1.165) is 17.1 Å². The average Bonchev–Trinajstić information content (AvgIpc) is 3.17. The zero-order valence-corrected chi connectivity index (χ0v) is 12.4. The lowest BCUT2D eigenvalue weighted by Crippen LogP contribution is -2.04. The van der Waals surface area contributed by atoms with Gasteiger partial charge in [-0.05, 0) is 23.6 Å². The van der Waals surface area contributed by atoms with Gasteiger partial charge >= 0.3 is 0 Å². The molecule has 5 nitrogen and oxygen atoms in total. The van der Waals surface area contributed by atoms with Crippen molar-refractivity contribution >= 4 is 11.3 Å². The summed E-state index contributed by atoms with van der Waals surface area (Å²) in [5.41, 5.74) is 2.37. The third kappa shape index (κ3) is 2.81. The summed E-state index contributed by atoms with van der Waals surface area (Å²) in [6.07, 6.45) is 0.692. The molecule has 0 aliphatic rings. The number of aliphatic hydroxyl groups excluding tert-OH is 1. The Morgan fingerprint density at radius 2 is 2.19 bits per heavy atom. The topological polar surface area (TPSA) is 60.2 Å². The molecule has 0 spiro atoms. The van der Waals surface area contributed by atoms with Crippen LogP contribution in [0.4, 0.5) is 0 Å². The number of nitrogens with zero attached hydrogens (tertiary/aromatic N) is 3. The van der Waals surface area contributed by atoms with Gasteiger partial charge < -0.3 is 9.84 Å². The lowest BCUT2D eigenvalue weighted by Gasteiger charge is -2.08. The molecule has 1 aromatic carbocycles. The fourth-order valence-electron chi connectivity index (χ4n) is 2.16. The molecule has 0 radical (unpaired) electrons. The summed E-state index contributed by atoms with van der Waals surface area (Å²) in [6, 6.07) is 11.7. The van der Waals surface area contributed by atoms with E-state index in [1.54, 1.807) is 23.1 Å². The van der Waals surface area contributed by atoms with E-state index < -0.39 is 0 Å². The molecule has 1 N–H and O–H groups in total. The standard InChI is InChI=1S/C15H15N3O2S/c1-20-12-5-2-4-11(8-12)18-15(14(10-19)16-17-18)9-13-6-3-7-21-13/h2-8,19H,9-10H2,1H3. The molecule has 3 aromatic rings. The zero-order chi connectivity index (χ0) is 14.7. The number of aromatic nitrogens is 3. The molecule has 108 valence electrons. The van der Waals surface area contributed by atoms with Crippen molar-refractivity contribution < 1.29 is 9.84 Å². The van der Waals surface area contributed by atoms with E-state index in [4.69, 9.17) is 4.74 Å². The highest BCUT2D eigenvalue weighted by Gasteiger charge is 2.15. The average molecular weight is 301 g/mol. The molecule has 0 bridgehead atoms. The van der Waals surface area contributed by atoms with Gasteiger partial charge in [-0.15, -0.1) is 16.4 Å². The van der Waals surface area contributed by atoms with Gasteiger partial charge in [0.05, 0.1) is 25.1 Å². The van der Waals surface area contributed by atoms with Gasteiger partial charge in [-0.1, -0.05) is 17.3 Å². The van der Waals surface area contributed by atoms with Crippen LogP contribution in [0.3, 0.4) is 0 Å². The van der Waals surface area contributed by atoms with Gasteiger partial charge in [0.1, 0.15) is 11.4 Å². The van der Waals surface area contributed by atoms with E-state index in [2.05, 4.69) is 16.4 Å². The van der Waals surface area contributed by atoms with Crippen molar-refractivity contribution in [3.05, 3.63) is 58.0 Å². The first-order chi connectivity index (χ1) is 10.3. The third-order valence-corrected chi connectivity index (χ3v) is 4.09. The fourth-order valence-corrected chi connectivity index (χ4v) is 2.87. The van der Waals surface area contributed by atoms with Crippen LogP contribution >= 0.6 is 11.3 Å². The fraction of sp³-hybridized carbons (Fsp3) is 0.200. The molecule has 2 aromatic heterocycles. The summed E-state index contributed by atoms with van der Waals surface area (Å²) in [7, 11) is 1.63. The van der Waals surface area contributed by atoms with E-state index in [1.165, 1.54) is 4.88 Å². The second-order valence-electron chi connectivity index (χ2n) is 4.51. The molecule has 0 fully saturated rings. The molecule has 3 rings (SSSR count). The molecule has 0 saturated carbocycles. The first kappa shape index (κ1) is 13.8. The number of rotatable bonds is 5. The Labute approximate surface area is 126 Å². The van der Waals surface area contributed by atoms with Crippen molar-refractivity contribution in [3.8, 4) is 11.4 Å². The van der Waals surface area contributed by atoms with Crippen LogP contribution in [0.25, 0.3) is 5.69 Å². The predicted molar refractivity (Wildman–Crippen MR) is 81.0 cm³/mol. The SMILES string of the molecule is COc1cccc(-n2nnc(CO)c2Cc2cccs2)c1. The number of hydrogen-bond donors (Lipinski definition) is 1. The molecule has 0 aliphatic heterocycles. The van der Waals surface area contributed by atoms with E-state index in [1.807, 2.05) is 35.7 Å². The van der Waals surface area contributed by atoms with Crippen molar-refractivity contribution in [2.24, 2.45) is 0 Å². The van der Waals surface area contributed by atoms with Crippen LogP contribution in [0.15, 0.2) is 41.8 Å². The zero-order valence-electron chi connectivity index (χ0n) is 11.6. The first-order valence-corrected chi connectivity index (χ1v) is 7.41. The Balaban J connectivity index is 2.03. The molecule has 0 saturated heterocycles. The highest BCUT2D eigenvalue weighted by molar-refractivity contribution is 7.09. The molecule has 21 heavy (non-hydrogen) atoms. The minimum absolute atomic E-state index is 0.120. The van der Waals surface area contributed by atoms with Crippen molar-refractivity contribution in [2.75, 3.05) is 7.11 Å². The highest BCUT2D eigenvalue weighted by Crippen LogP contribution is 2.22. The maximum atomic E-state index is 9.47. The molecule has 0 amide bonds. The Morgan fingerprint density at radius 3 is 2.90 bits per heavy atom. The minimum atomic E-state index is -0.120. The summed E-state index contributed by atoms with van der Waals surface area (Å²) in [5, 5.41) is 19.7. The van der Waals surface area contributed by atoms with E-state index in [0.29, 0.717) is 12.1 Å². The molecule has 0 atom stereocenters. The maximum Gasteiger partial charge on any atom is 0.121 e. The predicted octanol–water partition coefficient (Wildman–Crippen LogP) is 2.42. The molecule has 2 heterocycles. The molecular formula is C15H15N3O2S. The van der Waals surface area contributed by atoms with Gasteiger partial charge in [0, 0.05) is 17.4 Å². The van der Waals surface area contributed by atoms with Crippen LogP contribution in [0.1, 0.15) is 16.3 Å². The Hall–Kier alpha value is -2.18. The second kappa shape index (κ2) is 6.07. The molecule has 0 aliphatic carbocycles. The Kier molecular flexibility index (Phi) is 3.98. The van der Waals surface area contributed by atoms with Gasteiger partial charge in [0.2, 0.25) is 0 Å². The summed E-state index contributed by atoms with van der Waals surface area (Å²) in [6.45, 7) is -0.120. The van der Waals surface area contributed by atoms with Crippen molar-refractivity contribution in [1.29, 1.82) is 0 Å². The molecule has 0 unspecified atom stereocenters. The molecule has 6 heteroatoms. The number of benzene rings is 1. The van der Waals surface area contributed by atoms with Crippen LogP contribution in [-0.4, -0.2) is 27.2 Å². The molecular weight excluding hydrogens is 286 g/mol. The van der Waals surface area contributed by atoms with Gasteiger partial charge in [-0.25, -0.2) is 4.68 Å². The largest absolute Gasteiger partial charge is 0.497 e. The van der Waals surface area contributed by atoms with Gasteiger partial charge in [-0.3, -0.25) is 0 Å². The maximum absolute atomic E-state index is 9.47. The van der Waals surface area contributed by atoms with Crippen LogP contribution in [0, 0.1) is 0 Å². The van der Waals surface area contributed by atoms with E-state index in [-0.39, 0.29) is 6.61 Å². The van der Waals surface area contributed by atoms with Crippen LogP contribution in [0.2, 0.25) is 0 Å². The van der Waals surface area contributed by atoms with Crippen molar-refractivity contribution in [2.45, 2.75) is 13.0 Å². The lowest BCUT2D eigenvalue weighted by molar-refractivity contribution is 0.275. The third-order valence-electron chi connectivity index (χ3n) is 3.21. The number of aliphatic hydroxyl groups is 1. The second-order valence-corrected chi connectivity index (χ2v) is 5.54. The van der Waals surface area contributed by atoms with Crippen molar-refractivity contribution in [1.82, 2.24) is 15.0 Å². The Morgan fingerprint density at radius 1 is 1.29 bits per heavy atom. The normalized spacial score (nSPS) is 10.8. The van der Waals surface area contributed by atoms with Gasteiger partial charge in [-0.2, -0.15) is 0 Å². The summed E-state index contributed by atoms with van der Waals surface area (Å²) < 4.78 is 7.00. The Bertz CT molecular complexity index is 722. The lowest BCUT2D eigenvalue weighted by atomic mass is 10.2. The smallest absolute Gasteiger partial charge is 0.121 e. The summed E-state index contributed by atoms with van der Waals surface area (Å²) in [5.74, 6) is 0.760. The first-order valence-electron chi connectivity index (χ1n) is 6.53. The summed E-state index contributed by atoms with van der Waals surface area (Å²) in [4.78, 5) is 1.20. The van der Waals surface area contributed by atoms with Crippen LogP contribution < -0.4 is 4.74 Å². The monoisotopic (exact) mass is 301 g/mol. The van der Waals surface area contributed by atoms with Gasteiger partial charge in [0.25, 0.3) is 0 Å². The number of methoxy groups -OCH3 is 1. The van der Waals surface area contributed by atoms with E-state index >= 15 is 0 Å². The highest BCUT2D eigenvalue weighted by atomic mass is 32.1. The van der Waals surface area contributed by atoms with Crippen LogP contribution in [0.5, 0.6) is 5.75 Å². The van der Waals surface area contributed by atoms with Gasteiger partial charge in [0.15, 0.2) is 0 Å². The van der Waals surface area contributed by atoms with Crippen molar-refractivity contribution in [3.63, 3.8) is 0 Å². The minimum Gasteiger partial charge on any atom is -0.497 e. The van der Waals surface area contributed by atoms with Crippen LogP contribution in [-0.2, 0) is 13.0 Å².